The van der Waals surface area contributed by atoms with Gasteiger partial charge in [0, 0.05) is 11.8 Å². The zero-order valence-electron chi connectivity index (χ0n) is 6.64. The van der Waals surface area contributed by atoms with Crippen LogP contribution in [0.1, 0.15) is 11.5 Å². The van der Waals surface area contributed by atoms with Gasteiger partial charge in [0.25, 0.3) is 0 Å². The molecule has 0 radical (unpaired) electrons. The van der Waals surface area contributed by atoms with Gasteiger partial charge in [-0.3, -0.25) is 4.55 Å². The van der Waals surface area contributed by atoms with E-state index in [0.717, 1.165) is 0 Å². The van der Waals surface area contributed by atoms with Crippen LogP contribution in [-0.4, -0.2) is 18.7 Å². The van der Waals surface area contributed by atoms with E-state index >= 15 is 0 Å². The fourth-order valence-corrected chi connectivity index (χ4v) is 1.03. The van der Waals surface area contributed by atoms with Crippen molar-refractivity contribution in [1.29, 1.82) is 0 Å². The van der Waals surface area contributed by atoms with Gasteiger partial charge in [0.2, 0.25) is 5.88 Å². The first kappa shape index (κ1) is 9.08. The summed E-state index contributed by atoms with van der Waals surface area (Å²) in [5.74, 6) is 0.622. The molecule has 0 aliphatic carbocycles. The number of hydrogen-bond acceptors (Lipinski definition) is 4. The standard InChI is InChI=1S/C6H8N2O3S/c1-4-3-6(11-12(9)10)8-5(2)7-4/h3H,1-2H3,(H,9,10). The monoisotopic (exact) mass is 188 g/mol. The average Bonchev–Trinajstić information content (AvgIpc) is 1.81. The number of hydrogen-bond donors (Lipinski definition) is 1. The van der Waals surface area contributed by atoms with E-state index in [1.54, 1.807) is 13.8 Å². The highest BCUT2D eigenvalue weighted by atomic mass is 32.2. The van der Waals surface area contributed by atoms with Gasteiger partial charge in [-0.05, 0) is 13.8 Å². The van der Waals surface area contributed by atoms with Gasteiger partial charge < -0.3 is 4.18 Å². The van der Waals surface area contributed by atoms with Crippen molar-refractivity contribution in [3.8, 4) is 5.88 Å². The molecule has 6 heteroatoms. The third-order valence-electron chi connectivity index (χ3n) is 1.10. The molecule has 1 rings (SSSR count). The molecular formula is C6H8N2O3S. The van der Waals surface area contributed by atoms with Crippen LogP contribution in [0.4, 0.5) is 0 Å². The lowest BCUT2D eigenvalue weighted by atomic mass is 10.4. The fourth-order valence-electron chi connectivity index (χ4n) is 0.799. The van der Waals surface area contributed by atoms with Crippen molar-refractivity contribution in [3.05, 3.63) is 17.6 Å². The van der Waals surface area contributed by atoms with Crippen molar-refractivity contribution in [2.45, 2.75) is 13.8 Å². The van der Waals surface area contributed by atoms with Crippen LogP contribution in [0.25, 0.3) is 0 Å². The van der Waals surface area contributed by atoms with E-state index in [0.29, 0.717) is 11.5 Å². The summed E-state index contributed by atoms with van der Waals surface area (Å²) in [6, 6.07) is 1.49. The maximum atomic E-state index is 10.2. The molecule has 12 heavy (non-hydrogen) atoms. The zero-order valence-corrected chi connectivity index (χ0v) is 7.46. The number of aryl methyl sites for hydroxylation is 2. The van der Waals surface area contributed by atoms with E-state index in [2.05, 4.69) is 14.2 Å². The maximum Gasteiger partial charge on any atom is 0.359 e. The molecule has 1 atom stereocenters. The Morgan fingerprint density at radius 1 is 1.50 bits per heavy atom. The van der Waals surface area contributed by atoms with Crippen molar-refractivity contribution in [2.75, 3.05) is 0 Å². The average molecular weight is 188 g/mol. The molecule has 0 spiro atoms. The molecule has 66 valence electrons. The summed E-state index contributed by atoms with van der Waals surface area (Å²) < 4.78 is 23.0. The van der Waals surface area contributed by atoms with Crippen LogP contribution < -0.4 is 4.18 Å². The quantitative estimate of drug-likeness (QED) is 0.688. The summed E-state index contributed by atoms with van der Waals surface area (Å²) in [7, 11) is 0. The Hall–Kier alpha value is -1.01. The molecular weight excluding hydrogens is 180 g/mol. The van der Waals surface area contributed by atoms with E-state index in [-0.39, 0.29) is 5.88 Å². The predicted molar refractivity (Wildman–Crippen MR) is 42.9 cm³/mol. The van der Waals surface area contributed by atoms with Gasteiger partial charge in [-0.25, -0.2) is 4.98 Å². The second-order valence-corrected chi connectivity index (χ2v) is 2.80. The molecule has 1 unspecified atom stereocenters. The van der Waals surface area contributed by atoms with Crippen LogP contribution in [0.3, 0.4) is 0 Å². The number of nitrogens with zero attached hydrogens (tertiary/aromatic N) is 2. The predicted octanol–water partition coefficient (Wildman–Crippen LogP) is 0.609. The minimum atomic E-state index is -2.32. The first-order chi connectivity index (χ1) is 5.58. The molecule has 0 saturated carbocycles. The Labute approximate surface area is 72.3 Å². The largest absolute Gasteiger partial charge is 0.359 e. The smallest absolute Gasteiger partial charge is 0.359 e. The second kappa shape index (κ2) is 3.59. The normalized spacial score (nSPS) is 12.6. The van der Waals surface area contributed by atoms with Crippen LogP contribution in [0, 0.1) is 13.8 Å². The lowest BCUT2D eigenvalue weighted by molar-refractivity contribution is 0.448. The van der Waals surface area contributed by atoms with Crippen LogP contribution in [0.15, 0.2) is 6.07 Å². The lowest BCUT2D eigenvalue weighted by Gasteiger charge is -2.00. The Bertz CT molecular complexity index is 295. The van der Waals surface area contributed by atoms with E-state index in [9.17, 15) is 4.21 Å². The zero-order chi connectivity index (χ0) is 9.14. The van der Waals surface area contributed by atoms with Crippen molar-refractivity contribution in [3.63, 3.8) is 0 Å². The minimum Gasteiger partial charge on any atom is -0.359 e. The van der Waals surface area contributed by atoms with Crippen molar-refractivity contribution >= 4 is 11.4 Å². The first-order valence-electron chi connectivity index (χ1n) is 3.19. The molecule has 0 amide bonds. The summed E-state index contributed by atoms with van der Waals surface area (Å²) in [4.78, 5) is 7.76. The van der Waals surface area contributed by atoms with Gasteiger partial charge in [0.1, 0.15) is 5.82 Å². The molecule has 1 aromatic heterocycles. The minimum absolute atomic E-state index is 0.112. The highest BCUT2D eigenvalue weighted by Gasteiger charge is 2.02. The van der Waals surface area contributed by atoms with Gasteiger partial charge in [0.15, 0.2) is 0 Å². The van der Waals surface area contributed by atoms with Gasteiger partial charge in [-0.2, -0.15) is 9.19 Å². The molecule has 0 saturated heterocycles. The van der Waals surface area contributed by atoms with E-state index in [1.165, 1.54) is 6.07 Å². The summed E-state index contributed by atoms with van der Waals surface area (Å²) in [5.41, 5.74) is 0.697. The topological polar surface area (TPSA) is 72.3 Å². The summed E-state index contributed by atoms with van der Waals surface area (Å²) in [6.45, 7) is 3.43. The molecule has 0 aromatic carbocycles. The van der Waals surface area contributed by atoms with E-state index in [4.69, 9.17) is 4.55 Å². The Morgan fingerprint density at radius 2 is 2.17 bits per heavy atom. The molecule has 1 heterocycles. The van der Waals surface area contributed by atoms with Crippen molar-refractivity contribution in [2.24, 2.45) is 0 Å². The SMILES string of the molecule is Cc1cc(OS(=O)O)nc(C)n1. The van der Waals surface area contributed by atoms with E-state index in [1.807, 2.05) is 0 Å². The van der Waals surface area contributed by atoms with Crippen molar-refractivity contribution < 1.29 is 12.9 Å². The van der Waals surface area contributed by atoms with E-state index < -0.39 is 11.4 Å². The molecule has 5 nitrogen and oxygen atoms in total. The van der Waals surface area contributed by atoms with Crippen LogP contribution in [-0.2, 0) is 11.4 Å². The number of aromatic nitrogens is 2. The highest BCUT2D eigenvalue weighted by molar-refractivity contribution is 7.74. The molecule has 1 aromatic rings. The molecule has 0 fully saturated rings. The van der Waals surface area contributed by atoms with Gasteiger partial charge in [-0.1, -0.05) is 0 Å². The molecule has 0 aliphatic rings. The van der Waals surface area contributed by atoms with Gasteiger partial charge in [0.05, 0.1) is 0 Å². The van der Waals surface area contributed by atoms with Gasteiger partial charge in [-0.15, -0.1) is 0 Å². The Morgan fingerprint density at radius 3 is 2.67 bits per heavy atom. The molecule has 0 aliphatic heterocycles. The fraction of sp³-hybridized carbons (Fsp3) is 0.333. The van der Waals surface area contributed by atoms with Crippen molar-refractivity contribution in [1.82, 2.24) is 9.97 Å². The summed E-state index contributed by atoms with van der Waals surface area (Å²) in [5, 5.41) is 0. The highest BCUT2D eigenvalue weighted by Crippen LogP contribution is 2.08. The Kier molecular flexibility index (Phi) is 2.72. The second-order valence-electron chi connectivity index (χ2n) is 2.20. The van der Waals surface area contributed by atoms with Crippen LogP contribution in [0.2, 0.25) is 0 Å². The summed E-state index contributed by atoms with van der Waals surface area (Å²) in [6.07, 6.45) is 0. The first-order valence-corrected chi connectivity index (χ1v) is 4.22. The van der Waals surface area contributed by atoms with Crippen LogP contribution >= 0.6 is 0 Å². The Balaban J connectivity index is 2.93. The van der Waals surface area contributed by atoms with Gasteiger partial charge >= 0.3 is 11.4 Å². The molecule has 1 N–H and O–H groups in total. The lowest BCUT2D eigenvalue weighted by Crippen LogP contribution is -2.01. The summed E-state index contributed by atoms with van der Waals surface area (Å²) >= 11 is -2.32. The maximum absolute atomic E-state index is 10.2. The third-order valence-corrected chi connectivity index (χ3v) is 1.41. The molecule has 0 bridgehead atoms. The number of rotatable bonds is 2. The van der Waals surface area contributed by atoms with Crippen LogP contribution in [0.5, 0.6) is 5.88 Å². The third kappa shape index (κ3) is 2.55.